The summed E-state index contributed by atoms with van der Waals surface area (Å²) < 4.78 is 10.7. The normalized spacial score (nSPS) is 12.6. The summed E-state index contributed by atoms with van der Waals surface area (Å²) in [5, 5.41) is 0. The molecule has 1 aliphatic carbocycles. The molecule has 0 fully saturated rings. The van der Waals surface area contributed by atoms with Crippen molar-refractivity contribution in [3.8, 4) is 5.75 Å². The topological polar surface area (TPSA) is 52.6 Å². The van der Waals surface area contributed by atoms with Crippen LogP contribution in [0.3, 0.4) is 0 Å². The van der Waals surface area contributed by atoms with Crippen LogP contribution in [-0.2, 0) is 24.2 Å². The van der Waals surface area contributed by atoms with Crippen molar-refractivity contribution in [2.75, 3.05) is 7.11 Å². The standard InChI is InChI=1S/C20H20O4/c1-13(21)15-8-9-19(23-2)18(10-15)12-24-20(22)17-7-6-14-4-3-5-16(14)11-17/h6-11H,3-5,12H2,1-2H3. The largest absolute Gasteiger partial charge is 0.496 e. The van der Waals surface area contributed by atoms with E-state index in [2.05, 4.69) is 0 Å². The Balaban J connectivity index is 1.74. The maximum Gasteiger partial charge on any atom is 0.338 e. The Morgan fingerprint density at radius 3 is 2.50 bits per heavy atom. The van der Waals surface area contributed by atoms with Gasteiger partial charge in [0.05, 0.1) is 12.7 Å². The highest BCUT2D eigenvalue weighted by Gasteiger charge is 2.16. The maximum atomic E-state index is 12.3. The third-order valence-electron chi connectivity index (χ3n) is 4.38. The number of methoxy groups -OCH3 is 1. The highest BCUT2D eigenvalue weighted by Crippen LogP contribution is 2.24. The molecule has 0 spiro atoms. The lowest BCUT2D eigenvalue weighted by atomic mass is 10.1. The fraction of sp³-hybridized carbons (Fsp3) is 0.300. The zero-order valence-corrected chi connectivity index (χ0v) is 13.9. The van der Waals surface area contributed by atoms with Crippen LogP contribution < -0.4 is 4.74 Å². The van der Waals surface area contributed by atoms with Gasteiger partial charge in [-0.1, -0.05) is 6.07 Å². The van der Waals surface area contributed by atoms with Crippen LogP contribution in [0.2, 0.25) is 0 Å². The first-order valence-electron chi connectivity index (χ1n) is 8.05. The lowest BCUT2D eigenvalue weighted by Gasteiger charge is -2.11. The van der Waals surface area contributed by atoms with Crippen LogP contribution in [-0.4, -0.2) is 18.9 Å². The van der Waals surface area contributed by atoms with E-state index in [0.29, 0.717) is 22.4 Å². The fourth-order valence-electron chi connectivity index (χ4n) is 3.04. The van der Waals surface area contributed by atoms with Crippen LogP contribution >= 0.6 is 0 Å². The second-order valence-corrected chi connectivity index (χ2v) is 6.00. The minimum Gasteiger partial charge on any atom is -0.496 e. The Hall–Kier alpha value is -2.62. The molecular weight excluding hydrogens is 304 g/mol. The van der Waals surface area contributed by atoms with Crippen molar-refractivity contribution in [2.24, 2.45) is 0 Å². The minimum absolute atomic E-state index is 0.0381. The van der Waals surface area contributed by atoms with Crippen LogP contribution in [0.5, 0.6) is 5.75 Å². The smallest absolute Gasteiger partial charge is 0.338 e. The first-order chi connectivity index (χ1) is 11.6. The number of esters is 1. The van der Waals surface area contributed by atoms with Gasteiger partial charge in [-0.15, -0.1) is 0 Å². The number of carbonyl (C=O) groups is 2. The molecular formula is C20H20O4. The van der Waals surface area contributed by atoms with Crippen molar-refractivity contribution in [1.82, 2.24) is 0 Å². The molecule has 0 unspecified atom stereocenters. The number of carbonyl (C=O) groups excluding carboxylic acids is 2. The SMILES string of the molecule is COc1ccc(C(C)=O)cc1COC(=O)c1ccc2c(c1)CCC2. The van der Waals surface area contributed by atoms with Crippen molar-refractivity contribution in [3.63, 3.8) is 0 Å². The van der Waals surface area contributed by atoms with E-state index in [-0.39, 0.29) is 18.4 Å². The lowest BCUT2D eigenvalue weighted by Crippen LogP contribution is -2.07. The number of ketones is 1. The molecule has 24 heavy (non-hydrogen) atoms. The molecule has 0 saturated heterocycles. The van der Waals surface area contributed by atoms with E-state index in [1.807, 2.05) is 18.2 Å². The van der Waals surface area contributed by atoms with E-state index in [1.165, 1.54) is 18.1 Å². The third kappa shape index (κ3) is 3.32. The van der Waals surface area contributed by atoms with Crippen molar-refractivity contribution in [3.05, 3.63) is 64.2 Å². The Bertz CT molecular complexity index is 792. The molecule has 0 aromatic heterocycles. The number of hydrogen-bond acceptors (Lipinski definition) is 4. The maximum absolute atomic E-state index is 12.3. The van der Waals surface area contributed by atoms with Crippen molar-refractivity contribution < 1.29 is 19.1 Å². The number of rotatable bonds is 5. The molecule has 0 heterocycles. The van der Waals surface area contributed by atoms with E-state index < -0.39 is 0 Å². The summed E-state index contributed by atoms with van der Waals surface area (Å²) in [6, 6.07) is 10.9. The number of ether oxygens (including phenoxy) is 2. The zero-order chi connectivity index (χ0) is 17.1. The van der Waals surface area contributed by atoms with E-state index in [4.69, 9.17) is 9.47 Å². The lowest BCUT2D eigenvalue weighted by molar-refractivity contribution is 0.0470. The first kappa shape index (κ1) is 16.2. The molecule has 0 aliphatic heterocycles. The monoisotopic (exact) mass is 324 g/mol. The molecule has 0 saturated carbocycles. The summed E-state index contributed by atoms with van der Waals surface area (Å²) in [4.78, 5) is 23.8. The van der Waals surface area contributed by atoms with Crippen LogP contribution in [0.15, 0.2) is 36.4 Å². The van der Waals surface area contributed by atoms with E-state index in [1.54, 1.807) is 25.3 Å². The quantitative estimate of drug-likeness (QED) is 0.621. The Morgan fingerprint density at radius 1 is 1.00 bits per heavy atom. The summed E-state index contributed by atoms with van der Waals surface area (Å²) in [5.41, 5.74) is 4.37. The second-order valence-electron chi connectivity index (χ2n) is 6.00. The Morgan fingerprint density at radius 2 is 1.75 bits per heavy atom. The van der Waals surface area contributed by atoms with Crippen molar-refractivity contribution >= 4 is 11.8 Å². The average Bonchev–Trinajstić information content (AvgIpc) is 3.06. The summed E-state index contributed by atoms with van der Waals surface area (Å²) in [6.45, 7) is 1.57. The van der Waals surface area contributed by atoms with Crippen LogP contribution in [0.1, 0.15) is 50.8 Å². The predicted molar refractivity (Wildman–Crippen MR) is 90.6 cm³/mol. The van der Waals surface area contributed by atoms with Crippen LogP contribution in [0.4, 0.5) is 0 Å². The number of Topliss-reactive ketones (excluding diaryl/α,β-unsaturated/α-hetero) is 1. The number of fused-ring (bicyclic) bond motifs is 1. The highest BCUT2D eigenvalue weighted by atomic mass is 16.5. The van der Waals surface area contributed by atoms with Gasteiger partial charge in [-0.25, -0.2) is 4.79 Å². The number of hydrogen-bond donors (Lipinski definition) is 0. The summed E-state index contributed by atoms with van der Waals surface area (Å²) in [6.07, 6.45) is 3.24. The van der Waals surface area contributed by atoms with Gasteiger partial charge < -0.3 is 9.47 Å². The van der Waals surface area contributed by atoms with Gasteiger partial charge in [0.1, 0.15) is 12.4 Å². The van der Waals surface area contributed by atoms with Gasteiger partial charge in [0.25, 0.3) is 0 Å². The predicted octanol–water partition coefficient (Wildman–Crippen LogP) is 3.74. The Kier molecular flexibility index (Phi) is 4.65. The number of benzene rings is 2. The summed E-state index contributed by atoms with van der Waals surface area (Å²) in [5.74, 6) is 0.200. The zero-order valence-electron chi connectivity index (χ0n) is 13.9. The molecule has 124 valence electrons. The van der Waals surface area contributed by atoms with Gasteiger partial charge >= 0.3 is 5.97 Å². The minimum atomic E-state index is -0.361. The molecule has 2 aromatic carbocycles. The van der Waals surface area contributed by atoms with Crippen molar-refractivity contribution in [2.45, 2.75) is 32.8 Å². The van der Waals surface area contributed by atoms with Gasteiger partial charge in [-0.05, 0) is 67.6 Å². The second kappa shape index (κ2) is 6.87. The molecule has 0 atom stereocenters. The molecule has 3 rings (SSSR count). The first-order valence-corrected chi connectivity index (χ1v) is 8.05. The van der Waals surface area contributed by atoms with Gasteiger partial charge in [-0.2, -0.15) is 0 Å². The molecule has 4 heteroatoms. The van der Waals surface area contributed by atoms with Crippen molar-refractivity contribution in [1.29, 1.82) is 0 Å². The summed E-state index contributed by atoms with van der Waals surface area (Å²) >= 11 is 0. The van der Waals surface area contributed by atoms with Crippen LogP contribution in [0.25, 0.3) is 0 Å². The van der Waals surface area contributed by atoms with Gasteiger partial charge in [0.2, 0.25) is 0 Å². The molecule has 0 radical (unpaired) electrons. The van der Waals surface area contributed by atoms with Gasteiger partial charge in [-0.3, -0.25) is 4.79 Å². The third-order valence-corrected chi connectivity index (χ3v) is 4.38. The van der Waals surface area contributed by atoms with Gasteiger partial charge in [0, 0.05) is 11.1 Å². The van der Waals surface area contributed by atoms with E-state index in [0.717, 1.165) is 19.3 Å². The Labute approximate surface area is 141 Å². The van der Waals surface area contributed by atoms with Gasteiger partial charge in [0.15, 0.2) is 5.78 Å². The van der Waals surface area contributed by atoms with E-state index >= 15 is 0 Å². The summed E-state index contributed by atoms with van der Waals surface area (Å²) in [7, 11) is 1.55. The van der Waals surface area contributed by atoms with E-state index in [9.17, 15) is 9.59 Å². The van der Waals surface area contributed by atoms with Crippen LogP contribution in [0, 0.1) is 0 Å². The molecule has 0 amide bonds. The molecule has 2 aromatic rings. The molecule has 0 N–H and O–H groups in total. The molecule has 4 nitrogen and oxygen atoms in total. The molecule has 1 aliphatic rings. The fourth-order valence-corrected chi connectivity index (χ4v) is 3.04. The highest BCUT2D eigenvalue weighted by molar-refractivity contribution is 5.94. The average molecular weight is 324 g/mol. The molecule has 0 bridgehead atoms. The number of aryl methyl sites for hydroxylation is 2.